The topological polar surface area (TPSA) is 46.9 Å². The Morgan fingerprint density at radius 1 is 1.69 bits per heavy atom. The number of hydrogen-bond acceptors (Lipinski definition) is 4. The fraction of sp³-hybridized carbons (Fsp3) is 0.600. The Hall–Kier alpha value is -0.680. The summed E-state index contributed by atoms with van der Waals surface area (Å²) >= 11 is 7.81. The predicted octanol–water partition coefficient (Wildman–Crippen LogP) is 1.74. The molecule has 6 heteroatoms. The summed E-state index contributed by atoms with van der Waals surface area (Å²) in [4.78, 5) is 11.5. The predicted molar refractivity (Wildman–Crippen MR) is 68.5 cm³/mol. The fourth-order valence-electron chi connectivity index (χ4n) is 1.48. The normalized spacial score (nSPS) is 17.2. The van der Waals surface area contributed by atoms with E-state index in [4.69, 9.17) is 11.6 Å². The van der Waals surface area contributed by atoms with Gasteiger partial charge in [-0.1, -0.05) is 11.6 Å². The summed E-state index contributed by atoms with van der Waals surface area (Å²) in [5, 5.41) is 7.36. The molecule has 1 heterocycles. The van der Waals surface area contributed by atoms with Crippen molar-refractivity contribution >= 4 is 29.1 Å². The minimum atomic E-state index is -0.263. The number of aromatic nitrogens is 2. The molecule has 16 heavy (non-hydrogen) atoms. The summed E-state index contributed by atoms with van der Waals surface area (Å²) in [6.07, 6.45) is 6.15. The second-order valence-corrected chi connectivity index (χ2v) is 5.69. The first-order valence-corrected chi connectivity index (χ1v) is 6.69. The first kappa shape index (κ1) is 11.8. The van der Waals surface area contributed by atoms with Crippen molar-refractivity contribution in [1.29, 1.82) is 0 Å². The lowest BCUT2D eigenvalue weighted by atomic mass is 10.3. The maximum atomic E-state index is 11.5. The highest BCUT2D eigenvalue weighted by atomic mass is 35.5. The molecule has 1 N–H and O–H groups in total. The average molecular weight is 260 g/mol. The zero-order chi connectivity index (χ0) is 11.8. The largest absolute Gasteiger partial charge is 0.381 e. The molecule has 1 aliphatic rings. The minimum Gasteiger partial charge on any atom is -0.381 e. The lowest BCUT2D eigenvalue weighted by Crippen LogP contribution is -2.23. The van der Waals surface area contributed by atoms with Crippen LogP contribution in [0.1, 0.15) is 12.8 Å². The van der Waals surface area contributed by atoms with E-state index in [-0.39, 0.29) is 10.6 Å². The molecule has 1 aliphatic carbocycles. The van der Waals surface area contributed by atoms with Crippen LogP contribution in [0.25, 0.3) is 0 Å². The molecule has 0 radical (unpaired) electrons. The Morgan fingerprint density at radius 3 is 2.94 bits per heavy atom. The van der Waals surface area contributed by atoms with Crippen LogP contribution >= 0.6 is 23.4 Å². The van der Waals surface area contributed by atoms with Crippen LogP contribution in [0.15, 0.2) is 11.0 Å². The van der Waals surface area contributed by atoms with Gasteiger partial charge in [0, 0.05) is 18.3 Å². The number of nitrogens with one attached hydrogen (secondary N) is 1. The summed E-state index contributed by atoms with van der Waals surface area (Å²) in [7, 11) is 1.59. The Kier molecular flexibility index (Phi) is 3.17. The Balaban J connectivity index is 2.11. The van der Waals surface area contributed by atoms with E-state index in [2.05, 4.69) is 16.7 Å². The van der Waals surface area contributed by atoms with Gasteiger partial charge in [-0.3, -0.25) is 4.79 Å². The maximum absolute atomic E-state index is 11.5. The molecular weight excluding hydrogens is 246 g/mol. The van der Waals surface area contributed by atoms with E-state index < -0.39 is 0 Å². The summed E-state index contributed by atoms with van der Waals surface area (Å²) in [5.41, 5.74) is 0.366. The number of anilines is 1. The Labute approximate surface area is 103 Å². The van der Waals surface area contributed by atoms with Gasteiger partial charge in [-0.2, -0.15) is 16.9 Å². The number of hydrogen-bond donors (Lipinski definition) is 1. The maximum Gasteiger partial charge on any atom is 0.287 e. The summed E-state index contributed by atoms with van der Waals surface area (Å²) in [5.74, 6) is 0. The summed E-state index contributed by atoms with van der Waals surface area (Å²) in [6.45, 7) is 0.836. The van der Waals surface area contributed by atoms with Gasteiger partial charge in [0.1, 0.15) is 5.02 Å². The van der Waals surface area contributed by atoms with Gasteiger partial charge in [0.05, 0.1) is 11.9 Å². The van der Waals surface area contributed by atoms with Crippen molar-refractivity contribution in [3.05, 3.63) is 21.6 Å². The van der Waals surface area contributed by atoms with E-state index in [0.29, 0.717) is 10.4 Å². The lowest BCUT2D eigenvalue weighted by Gasteiger charge is -2.14. The molecular formula is C10H14ClN3OS. The number of rotatable bonds is 4. The van der Waals surface area contributed by atoms with Gasteiger partial charge in [-0.25, -0.2) is 4.68 Å². The van der Waals surface area contributed by atoms with Gasteiger partial charge < -0.3 is 5.32 Å². The van der Waals surface area contributed by atoms with Crippen LogP contribution in [-0.4, -0.2) is 27.3 Å². The van der Waals surface area contributed by atoms with Crippen molar-refractivity contribution < 1.29 is 0 Å². The molecule has 1 fully saturated rings. The second kappa shape index (κ2) is 4.30. The first-order valence-electron chi connectivity index (χ1n) is 5.09. The van der Waals surface area contributed by atoms with Crippen LogP contribution < -0.4 is 10.9 Å². The van der Waals surface area contributed by atoms with Gasteiger partial charge in [0.15, 0.2) is 0 Å². The summed E-state index contributed by atoms with van der Waals surface area (Å²) in [6, 6.07) is 0. The highest BCUT2D eigenvalue weighted by Crippen LogP contribution is 2.47. The molecule has 0 unspecified atom stereocenters. The van der Waals surface area contributed by atoms with Gasteiger partial charge >= 0.3 is 0 Å². The third kappa shape index (κ3) is 2.20. The smallest absolute Gasteiger partial charge is 0.287 e. The van der Waals surface area contributed by atoms with E-state index in [9.17, 15) is 4.79 Å². The number of thioether (sulfide) groups is 1. The monoisotopic (exact) mass is 259 g/mol. The van der Waals surface area contributed by atoms with Crippen LogP contribution in [0.4, 0.5) is 5.69 Å². The van der Waals surface area contributed by atoms with Crippen LogP contribution in [0.3, 0.4) is 0 Å². The molecule has 1 aromatic heterocycles. The highest BCUT2D eigenvalue weighted by Gasteiger charge is 2.41. The van der Waals surface area contributed by atoms with Crippen molar-refractivity contribution in [2.75, 3.05) is 18.1 Å². The Morgan fingerprint density at radius 2 is 2.38 bits per heavy atom. The third-order valence-electron chi connectivity index (χ3n) is 2.92. The molecule has 88 valence electrons. The molecule has 1 aromatic rings. The molecule has 0 aliphatic heterocycles. The molecule has 0 amide bonds. The minimum absolute atomic E-state index is 0.217. The molecule has 1 saturated carbocycles. The SMILES string of the molecule is CSC1(CNc2cnn(C)c(=O)c2Cl)CC1. The van der Waals surface area contributed by atoms with Crippen molar-refractivity contribution in [1.82, 2.24) is 9.78 Å². The Bertz CT molecular complexity index is 456. The van der Waals surface area contributed by atoms with E-state index in [1.807, 2.05) is 11.8 Å². The van der Waals surface area contributed by atoms with Crippen molar-refractivity contribution in [3.63, 3.8) is 0 Å². The van der Waals surface area contributed by atoms with Crippen molar-refractivity contribution in [3.8, 4) is 0 Å². The molecule has 0 atom stereocenters. The molecule has 4 nitrogen and oxygen atoms in total. The number of halogens is 1. The van der Waals surface area contributed by atoms with Gasteiger partial charge in [0.25, 0.3) is 5.56 Å². The van der Waals surface area contributed by atoms with Crippen LogP contribution in [0, 0.1) is 0 Å². The van der Waals surface area contributed by atoms with Gasteiger partial charge in [-0.05, 0) is 19.1 Å². The van der Waals surface area contributed by atoms with E-state index >= 15 is 0 Å². The molecule has 2 rings (SSSR count). The average Bonchev–Trinajstić information content (AvgIpc) is 3.06. The zero-order valence-corrected chi connectivity index (χ0v) is 10.9. The highest BCUT2D eigenvalue weighted by molar-refractivity contribution is 8.00. The van der Waals surface area contributed by atoms with Crippen molar-refractivity contribution in [2.24, 2.45) is 7.05 Å². The van der Waals surface area contributed by atoms with E-state index in [0.717, 1.165) is 6.54 Å². The van der Waals surface area contributed by atoms with E-state index in [1.54, 1.807) is 13.2 Å². The van der Waals surface area contributed by atoms with Gasteiger partial charge in [0.2, 0.25) is 0 Å². The lowest BCUT2D eigenvalue weighted by molar-refractivity contribution is 0.708. The molecule has 0 spiro atoms. The first-order chi connectivity index (χ1) is 7.58. The van der Waals surface area contributed by atoms with Gasteiger partial charge in [-0.15, -0.1) is 0 Å². The van der Waals surface area contributed by atoms with Crippen LogP contribution in [0.2, 0.25) is 5.02 Å². The molecule has 0 aromatic carbocycles. The second-order valence-electron chi connectivity index (χ2n) is 4.04. The number of nitrogens with zero attached hydrogens (tertiary/aromatic N) is 2. The van der Waals surface area contributed by atoms with Crippen molar-refractivity contribution in [2.45, 2.75) is 17.6 Å². The molecule has 0 bridgehead atoms. The zero-order valence-electron chi connectivity index (χ0n) is 9.29. The third-order valence-corrected chi connectivity index (χ3v) is 4.70. The quantitative estimate of drug-likeness (QED) is 0.895. The summed E-state index contributed by atoms with van der Waals surface area (Å²) < 4.78 is 1.57. The molecule has 0 saturated heterocycles. The van der Waals surface area contributed by atoms with Crippen LogP contribution in [0.5, 0.6) is 0 Å². The van der Waals surface area contributed by atoms with E-state index in [1.165, 1.54) is 17.5 Å². The fourth-order valence-corrected chi connectivity index (χ4v) is 2.45. The van der Waals surface area contributed by atoms with Crippen LogP contribution in [-0.2, 0) is 7.05 Å². The standard InChI is InChI=1S/C10H14ClN3OS/c1-14-9(15)8(11)7(5-13-14)12-6-10(16-2)3-4-10/h5,12H,3-4,6H2,1-2H3. The number of aryl methyl sites for hydroxylation is 1.